The molecule has 0 saturated heterocycles. The molecule has 0 aliphatic heterocycles. The Morgan fingerprint density at radius 3 is 1.76 bits per heavy atom. The van der Waals surface area contributed by atoms with E-state index in [1.54, 1.807) is 27.7 Å². The van der Waals surface area contributed by atoms with Crippen molar-refractivity contribution < 1.29 is 19.1 Å². The lowest BCUT2D eigenvalue weighted by Gasteiger charge is -2.21. The van der Waals surface area contributed by atoms with E-state index in [4.69, 9.17) is 14.7 Å². The first-order valence-electron chi connectivity index (χ1n) is 5.72. The summed E-state index contributed by atoms with van der Waals surface area (Å²) >= 11 is 0. The van der Waals surface area contributed by atoms with E-state index in [9.17, 15) is 9.59 Å². The molecule has 96 valence electrons. The maximum atomic E-state index is 11.7. The van der Waals surface area contributed by atoms with Crippen LogP contribution in [0.5, 0.6) is 0 Å². The van der Waals surface area contributed by atoms with Crippen molar-refractivity contribution >= 4 is 11.9 Å². The van der Waals surface area contributed by atoms with Crippen LogP contribution in [0.4, 0.5) is 0 Å². The standard InChI is InChI=1S/C12H19NO4/c1-5-16-11(14)10(12(15)17-6-2)9(7-13)8(3)4/h8-10H,5-6H2,1-4H3. The molecule has 0 bridgehead atoms. The van der Waals surface area contributed by atoms with Crippen LogP contribution in [0.15, 0.2) is 0 Å². The highest BCUT2D eigenvalue weighted by atomic mass is 16.6. The molecule has 0 aliphatic rings. The molecule has 0 N–H and O–H groups in total. The van der Waals surface area contributed by atoms with Gasteiger partial charge in [-0.05, 0) is 19.8 Å². The second kappa shape index (κ2) is 7.66. The molecular formula is C12H19NO4. The quantitative estimate of drug-likeness (QED) is 0.520. The smallest absolute Gasteiger partial charge is 0.321 e. The molecule has 5 heteroatoms. The van der Waals surface area contributed by atoms with Gasteiger partial charge >= 0.3 is 11.9 Å². The molecule has 1 unspecified atom stereocenters. The Labute approximate surface area is 102 Å². The second-order valence-electron chi connectivity index (χ2n) is 3.88. The predicted octanol–water partition coefficient (Wildman–Crippen LogP) is 1.52. The lowest BCUT2D eigenvalue weighted by Crippen LogP contribution is -2.36. The summed E-state index contributed by atoms with van der Waals surface area (Å²) in [6.07, 6.45) is 0. The number of nitriles is 1. The van der Waals surface area contributed by atoms with E-state index in [0.717, 1.165) is 0 Å². The Balaban J connectivity index is 5.02. The van der Waals surface area contributed by atoms with Crippen LogP contribution in [-0.4, -0.2) is 25.2 Å². The van der Waals surface area contributed by atoms with Crippen LogP contribution in [0.25, 0.3) is 0 Å². The van der Waals surface area contributed by atoms with Crippen molar-refractivity contribution in [1.82, 2.24) is 0 Å². The van der Waals surface area contributed by atoms with Crippen molar-refractivity contribution in [3.63, 3.8) is 0 Å². The summed E-state index contributed by atoms with van der Waals surface area (Å²) < 4.78 is 9.63. The summed E-state index contributed by atoms with van der Waals surface area (Å²) in [5.41, 5.74) is 0. The Morgan fingerprint density at radius 1 is 1.12 bits per heavy atom. The van der Waals surface area contributed by atoms with Gasteiger partial charge in [0.05, 0.1) is 25.2 Å². The first kappa shape index (κ1) is 15.4. The van der Waals surface area contributed by atoms with E-state index >= 15 is 0 Å². The van der Waals surface area contributed by atoms with Crippen molar-refractivity contribution in [3.8, 4) is 6.07 Å². The summed E-state index contributed by atoms with van der Waals surface area (Å²) in [4.78, 5) is 23.4. The monoisotopic (exact) mass is 241 g/mol. The average molecular weight is 241 g/mol. The van der Waals surface area contributed by atoms with Crippen molar-refractivity contribution in [3.05, 3.63) is 0 Å². The number of rotatable bonds is 6. The fourth-order valence-electron chi connectivity index (χ4n) is 1.46. The summed E-state index contributed by atoms with van der Waals surface area (Å²) in [6, 6.07) is 1.98. The normalized spacial score (nSPS) is 12.1. The molecule has 0 radical (unpaired) electrons. The van der Waals surface area contributed by atoms with Crippen molar-refractivity contribution in [1.29, 1.82) is 5.26 Å². The molecule has 0 aliphatic carbocycles. The molecule has 0 rings (SSSR count). The molecule has 0 aromatic rings. The maximum absolute atomic E-state index is 11.7. The zero-order valence-corrected chi connectivity index (χ0v) is 10.7. The van der Waals surface area contributed by atoms with E-state index in [0.29, 0.717) is 0 Å². The van der Waals surface area contributed by atoms with Crippen molar-refractivity contribution in [2.45, 2.75) is 27.7 Å². The topological polar surface area (TPSA) is 76.4 Å². The van der Waals surface area contributed by atoms with Crippen LogP contribution in [0.2, 0.25) is 0 Å². The maximum Gasteiger partial charge on any atom is 0.321 e. The van der Waals surface area contributed by atoms with Gasteiger partial charge in [0, 0.05) is 0 Å². The van der Waals surface area contributed by atoms with E-state index in [2.05, 4.69) is 0 Å². The highest BCUT2D eigenvalue weighted by Gasteiger charge is 2.39. The fraction of sp³-hybridized carbons (Fsp3) is 0.750. The minimum Gasteiger partial charge on any atom is -0.465 e. The molecular weight excluding hydrogens is 222 g/mol. The molecule has 0 amide bonds. The number of hydrogen-bond donors (Lipinski definition) is 0. The lowest BCUT2D eigenvalue weighted by molar-refractivity contribution is -0.164. The van der Waals surface area contributed by atoms with E-state index in [1.165, 1.54) is 0 Å². The predicted molar refractivity (Wildman–Crippen MR) is 60.7 cm³/mol. The van der Waals surface area contributed by atoms with Crippen molar-refractivity contribution in [2.75, 3.05) is 13.2 Å². The Bertz CT molecular complexity index is 288. The summed E-state index contributed by atoms with van der Waals surface area (Å²) in [5, 5.41) is 9.04. The van der Waals surface area contributed by atoms with Gasteiger partial charge in [0.1, 0.15) is 0 Å². The first-order valence-corrected chi connectivity index (χ1v) is 5.72. The highest BCUT2D eigenvalue weighted by molar-refractivity contribution is 5.95. The number of carbonyl (C=O) groups is 2. The fourth-order valence-corrected chi connectivity index (χ4v) is 1.46. The van der Waals surface area contributed by atoms with Crippen LogP contribution < -0.4 is 0 Å². The van der Waals surface area contributed by atoms with Crippen LogP contribution in [0.3, 0.4) is 0 Å². The molecule has 1 atom stereocenters. The Kier molecular flexibility index (Phi) is 6.95. The minimum absolute atomic E-state index is 0.126. The third kappa shape index (κ3) is 4.43. The number of nitrogens with zero attached hydrogens (tertiary/aromatic N) is 1. The van der Waals surface area contributed by atoms with Gasteiger partial charge in [-0.3, -0.25) is 9.59 Å². The molecule has 0 aromatic carbocycles. The lowest BCUT2D eigenvalue weighted by atomic mass is 9.84. The van der Waals surface area contributed by atoms with E-state index in [1.807, 2.05) is 6.07 Å². The highest BCUT2D eigenvalue weighted by Crippen LogP contribution is 2.23. The molecule has 0 spiro atoms. The van der Waals surface area contributed by atoms with Crippen LogP contribution in [0.1, 0.15) is 27.7 Å². The van der Waals surface area contributed by atoms with Gasteiger partial charge in [0.25, 0.3) is 0 Å². The number of ether oxygens (including phenoxy) is 2. The zero-order valence-electron chi connectivity index (χ0n) is 10.7. The second-order valence-corrected chi connectivity index (χ2v) is 3.88. The van der Waals surface area contributed by atoms with E-state index in [-0.39, 0.29) is 19.1 Å². The number of esters is 2. The van der Waals surface area contributed by atoms with Gasteiger partial charge in [0.2, 0.25) is 0 Å². The molecule has 0 aromatic heterocycles. The third-order valence-electron chi connectivity index (χ3n) is 2.31. The summed E-state index contributed by atoms with van der Waals surface area (Å²) in [6.45, 7) is 7.20. The molecule has 5 nitrogen and oxygen atoms in total. The van der Waals surface area contributed by atoms with Gasteiger partial charge < -0.3 is 9.47 Å². The number of carbonyl (C=O) groups excluding carboxylic acids is 2. The largest absolute Gasteiger partial charge is 0.465 e. The van der Waals surface area contributed by atoms with E-state index < -0.39 is 23.8 Å². The molecule has 17 heavy (non-hydrogen) atoms. The van der Waals surface area contributed by atoms with Gasteiger partial charge in [-0.2, -0.15) is 5.26 Å². The van der Waals surface area contributed by atoms with Gasteiger partial charge in [0.15, 0.2) is 5.92 Å². The van der Waals surface area contributed by atoms with Gasteiger partial charge in [-0.15, -0.1) is 0 Å². The SMILES string of the molecule is CCOC(=O)C(C(=O)OCC)C(C#N)C(C)C. The van der Waals surface area contributed by atoms with Crippen molar-refractivity contribution in [2.24, 2.45) is 17.8 Å². The van der Waals surface area contributed by atoms with Crippen LogP contribution >= 0.6 is 0 Å². The summed E-state index contributed by atoms with van der Waals surface area (Å²) in [7, 11) is 0. The van der Waals surface area contributed by atoms with Crippen LogP contribution in [-0.2, 0) is 19.1 Å². The Hall–Kier alpha value is -1.57. The molecule has 0 fully saturated rings. The Morgan fingerprint density at radius 2 is 1.53 bits per heavy atom. The molecule has 0 heterocycles. The van der Waals surface area contributed by atoms with Gasteiger partial charge in [-0.25, -0.2) is 0 Å². The average Bonchev–Trinajstić information content (AvgIpc) is 2.25. The minimum atomic E-state index is -1.15. The van der Waals surface area contributed by atoms with Crippen LogP contribution in [0, 0.1) is 29.1 Å². The van der Waals surface area contributed by atoms with Gasteiger partial charge in [-0.1, -0.05) is 13.8 Å². The third-order valence-corrected chi connectivity index (χ3v) is 2.31. The molecule has 0 saturated carbocycles. The zero-order chi connectivity index (χ0) is 13.4. The first-order chi connectivity index (χ1) is 7.99. The summed E-state index contributed by atoms with van der Waals surface area (Å²) in [5.74, 6) is -3.38. The number of hydrogen-bond acceptors (Lipinski definition) is 5.